The number of piperidine rings is 1. The number of hydrogen-bond donors (Lipinski definition) is 1. The highest BCUT2D eigenvalue weighted by Crippen LogP contribution is 2.32. The highest BCUT2D eigenvalue weighted by atomic mass is 79.9. The van der Waals surface area contributed by atoms with Gasteiger partial charge < -0.3 is 10.6 Å². The molecule has 0 spiro atoms. The predicted molar refractivity (Wildman–Crippen MR) is 77.2 cm³/mol. The molecule has 2 heterocycles. The summed E-state index contributed by atoms with van der Waals surface area (Å²) in [5, 5.41) is 11.1. The number of anilines is 1. The Kier molecular flexibility index (Phi) is 4.71. The fourth-order valence-corrected chi connectivity index (χ4v) is 2.85. The zero-order valence-electron chi connectivity index (χ0n) is 10.6. The van der Waals surface area contributed by atoms with Gasteiger partial charge in [0.2, 0.25) is 5.82 Å². The normalized spacial score (nSPS) is 19.5. The maximum absolute atomic E-state index is 11.1. The molecule has 0 amide bonds. The van der Waals surface area contributed by atoms with Crippen LogP contribution >= 0.6 is 15.9 Å². The number of pyridine rings is 1. The fourth-order valence-electron chi connectivity index (χ4n) is 2.53. The number of aromatic nitrogens is 1. The highest BCUT2D eigenvalue weighted by molar-refractivity contribution is 9.10. The Morgan fingerprint density at radius 3 is 3.11 bits per heavy atom. The van der Waals surface area contributed by atoms with Gasteiger partial charge in [0, 0.05) is 29.8 Å². The van der Waals surface area contributed by atoms with Crippen LogP contribution in [-0.2, 0) is 0 Å². The van der Waals surface area contributed by atoms with Crippen LogP contribution in [0.15, 0.2) is 16.7 Å². The molecule has 0 bridgehead atoms. The van der Waals surface area contributed by atoms with Gasteiger partial charge in [0.1, 0.15) is 0 Å². The standard InChI is InChI=1S/C12H17BrN4O2/c13-10-6-11(17(18)19)12(15-7-10)16-5-1-2-9(8-16)3-4-14/h6-7,9H,1-5,8,14H2. The summed E-state index contributed by atoms with van der Waals surface area (Å²) in [6, 6.07) is 1.51. The van der Waals surface area contributed by atoms with Crippen molar-refractivity contribution < 1.29 is 4.92 Å². The fraction of sp³-hybridized carbons (Fsp3) is 0.583. The smallest absolute Gasteiger partial charge is 0.312 e. The van der Waals surface area contributed by atoms with Crippen molar-refractivity contribution in [2.24, 2.45) is 11.7 Å². The molecular formula is C12H17BrN4O2. The third kappa shape index (κ3) is 3.42. The summed E-state index contributed by atoms with van der Waals surface area (Å²) < 4.78 is 0.624. The lowest BCUT2D eigenvalue weighted by Crippen LogP contribution is -2.37. The average molecular weight is 329 g/mol. The first kappa shape index (κ1) is 14.2. The first-order valence-corrected chi connectivity index (χ1v) is 7.16. The molecule has 1 aromatic heterocycles. The van der Waals surface area contributed by atoms with Crippen molar-refractivity contribution >= 4 is 27.4 Å². The summed E-state index contributed by atoms with van der Waals surface area (Å²) in [6.07, 6.45) is 4.73. The van der Waals surface area contributed by atoms with Gasteiger partial charge in [0.15, 0.2) is 0 Å². The van der Waals surface area contributed by atoms with Crippen LogP contribution in [0.3, 0.4) is 0 Å². The lowest BCUT2D eigenvalue weighted by atomic mass is 9.95. The molecular weight excluding hydrogens is 312 g/mol. The van der Waals surface area contributed by atoms with E-state index in [2.05, 4.69) is 20.9 Å². The summed E-state index contributed by atoms with van der Waals surface area (Å²) >= 11 is 3.22. The van der Waals surface area contributed by atoms with E-state index in [1.54, 1.807) is 6.20 Å². The third-order valence-corrected chi connectivity index (χ3v) is 3.84. The summed E-state index contributed by atoms with van der Waals surface area (Å²) in [6.45, 7) is 2.28. The van der Waals surface area contributed by atoms with E-state index in [1.807, 2.05) is 4.90 Å². The molecule has 2 N–H and O–H groups in total. The van der Waals surface area contributed by atoms with Crippen LogP contribution in [-0.4, -0.2) is 29.5 Å². The van der Waals surface area contributed by atoms with Crippen LogP contribution in [0.4, 0.5) is 11.5 Å². The van der Waals surface area contributed by atoms with E-state index in [4.69, 9.17) is 5.73 Å². The number of nitrogens with zero attached hydrogens (tertiary/aromatic N) is 3. The van der Waals surface area contributed by atoms with Gasteiger partial charge in [-0.15, -0.1) is 0 Å². The Morgan fingerprint density at radius 2 is 2.42 bits per heavy atom. The van der Waals surface area contributed by atoms with Crippen molar-refractivity contribution in [3.8, 4) is 0 Å². The Labute approximate surface area is 120 Å². The van der Waals surface area contributed by atoms with Crippen LogP contribution in [0.1, 0.15) is 19.3 Å². The van der Waals surface area contributed by atoms with Crippen LogP contribution in [0.2, 0.25) is 0 Å². The number of rotatable bonds is 4. The van der Waals surface area contributed by atoms with Gasteiger partial charge in [0.05, 0.1) is 4.92 Å². The average Bonchev–Trinajstić information content (AvgIpc) is 2.39. The Morgan fingerprint density at radius 1 is 1.63 bits per heavy atom. The topological polar surface area (TPSA) is 85.3 Å². The van der Waals surface area contributed by atoms with Crippen molar-refractivity contribution in [1.29, 1.82) is 0 Å². The molecule has 1 atom stereocenters. The molecule has 104 valence electrons. The Hall–Kier alpha value is -1.21. The lowest BCUT2D eigenvalue weighted by molar-refractivity contribution is -0.384. The second-order valence-corrected chi connectivity index (χ2v) is 5.70. The van der Waals surface area contributed by atoms with Crippen LogP contribution in [0, 0.1) is 16.0 Å². The number of nitrogens with two attached hydrogens (primary N) is 1. The molecule has 7 heteroatoms. The zero-order chi connectivity index (χ0) is 13.8. The van der Waals surface area contributed by atoms with Gasteiger partial charge in [-0.2, -0.15) is 0 Å². The van der Waals surface area contributed by atoms with E-state index < -0.39 is 0 Å². The minimum absolute atomic E-state index is 0.0581. The molecule has 1 aliphatic heterocycles. The Bertz CT molecular complexity index is 467. The van der Waals surface area contributed by atoms with Gasteiger partial charge >= 0.3 is 5.69 Å². The van der Waals surface area contributed by atoms with E-state index in [-0.39, 0.29) is 10.6 Å². The molecule has 1 saturated heterocycles. The molecule has 1 fully saturated rings. The van der Waals surface area contributed by atoms with E-state index in [0.29, 0.717) is 22.8 Å². The highest BCUT2D eigenvalue weighted by Gasteiger charge is 2.26. The molecule has 0 aliphatic carbocycles. The summed E-state index contributed by atoms with van der Waals surface area (Å²) in [4.78, 5) is 17.0. The number of nitro groups is 1. The first-order chi connectivity index (χ1) is 9.11. The van der Waals surface area contributed by atoms with Crippen molar-refractivity contribution in [2.45, 2.75) is 19.3 Å². The molecule has 1 aromatic rings. The summed E-state index contributed by atoms with van der Waals surface area (Å²) in [7, 11) is 0. The predicted octanol–water partition coefficient (Wildman–Crippen LogP) is 2.32. The van der Waals surface area contributed by atoms with Gasteiger partial charge in [-0.3, -0.25) is 10.1 Å². The molecule has 19 heavy (non-hydrogen) atoms. The second kappa shape index (κ2) is 6.29. The zero-order valence-corrected chi connectivity index (χ0v) is 12.2. The van der Waals surface area contributed by atoms with Crippen LogP contribution in [0.25, 0.3) is 0 Å². The quantitative estimate of drug-likeness (QED) is 0.677. The molecule has 1 aliphatic rings. The van der Waals surface area contributed by atoms with Gasteiger partial charge in [-0.05, 0) is 47.7 Å². The molecule has 0 radical (unpaired) electrons. The van der Waals surface area contributed by atoms with Gasteiger partial charge in [-0.1, -0.05) is 0 Å². The lowest BCUT2D eigenvalue weighted by Gasteiger charge is -2.33. The summed E-state index contributed by atoms with van der Waals surface area (Å²) in [5.41, 5.74) is 5.65. The van der Waals surface area contributed by atoms with Crippen molar-refractivity contribution in [2.75, 3.05) is 24.5 Å². The largest absolute Gasteiger partial charge is 0.351 e. The van der Waals surface area contributed by atoms with E-state index >= 15 is 0 Å². The SMILES string of the molecule is NCCC1CCCN(c2ncc(Br)cc2[N+](=O)[O-])C1. The van der Waals surface area contributed by atoms with E-state index in [9.17, 15) is 10.1 Å². The maximum atomic E-state index is 11.1. The van der Waals surface area contributed by atoms with E-state index in [0.717, 1.165) is 32.4 Å². The Balaban J connectivity index is 2.23. The van der Waals surface area contributed by atoms with Crippen molar-refractivity contribution in [3.63, 3.8) is 0 Å². The molecule has 0 saturated carbocycles. The van der Waals surface area contributed by atoms with E-state index in [1.165, 1.54) is 6.07 Å². The molecule has 0 aromatic carbocycles. The van der Waals surface area contributed by atoms with Crippen LogP contribution < -0.4 is 10.6 Å². The van der Waals surface area contributed by atoms with Crippen LogP contribution in [0.5, 0.6) is 0 Å². The number of halogens is 1. The third-order valence-electron chi connectivity index (χ3n) is 3.40. The minimum Gasteiger partial charge on any atom is -0.351 e. The molecule has 2 rings (SSSR count). The monoisotopic (exact) mass is 328 g/mol. The van der Waals surface area contributed by atoms with Gasteiger partial charge in [0.25, 0.3) is 0 Å². The number of hydrogen-bond acceptors (Lipinski definition) is 5. The molecule has 6 nitrogen and oxygen atoms in total. The minimum atomic E-state index is -0.375. The summed E-state index contributed by atoms with van der Waals surface area (Å²) in [5.74, 6) is 0.971. The van der Waals surface area contributed by atoms with Crippen molar-refractivity contribution in [3.05, 3.63) is 26.9 Å². The van der Waals surface area contributed by atoms with Crippen molar-refractivity contribution in [1.82, 2.24) is 4.98 Å². The second-order valence-electron chi connectivity index (χ2n) is 4.78. The van der Waals surface area contributed by atoms with Gasteiger partial charge in [-0.25, -0.2) is 4.98 Å². The maximum Gasteiger partial charge on any atom is 0.312 e. The molecule has 1 unspecified atom stereocenters. The first-order valence-electron chi connectivity index (χ1n) is 6.36.